The first-order valence-corrected chi connectivity index (χ1v) is 14.1. The highest BCUT2D eigenvalue weighted by molar-refractivity contribution is 6.02. The van der Waals surface area contributed by atoms with E-state index in [4.69, 9.17) is 15.7 Å². The molecule has 1 unspecified atom stereocenters. The summed E-state index contributed by atoms with van der Waals surface area (Å²) in [7, 11) is 6.24. The minimum absolute atomic E-state index is 0.241. The second-order valence-electron chi connectivity index (χ2n) is 10.6. The van der Waals surface area contributed by atoms with Crippen LogP contribution >= 0.6 is 0 Å². The van der Waals surface area contributed by atoms with Crippen molar-refractivity contribution in [3.8, 4) is 0 Å². The van der Waals surface area contributed by atoms with Crippen LogP contribution in [0.4, 0.5) is 0 Å². The monoisotopic (exact) mass is 516 g/mol. The van der Waals surface area contributed by atoms with E-state index in [-0.39, 0.29) is 6.04 Å². The maximum Gasteiger partial charge on any atom is 0.198 e. The molecule has 0 radical (unpaired) electrons. The van der Waals surface area contributed by atoms with Crippen LogP contribution in [0.15, 0.2) is 87.5 Å². The number of hydrogen-bond acceptors (Lipinski definition) is 3. The Morgan fingerprint density at radius 3 is 2.50 bits per heavy atom. The van der Waals surface area contributed by atoms with Crippen molar-refractivity contribution in [2.24, 2.45) is 15.7 Å². The van der Waals surface area contributed by atoms with Crippen molar-refractivity contribution in [2.75, 3.05) is 47.3 Å². The molecule has 1 saturated heterocycles. The lowest BCUT2D eigenvalue weighted by atomic mass is 10.0. The van der Waals surface area contributed by atoms with E-state index >= 15 is 0 Å². The van der Waals surface area contributed by atoms with Crippen molar-refractivity contribution >= 4 is 11.8 Å². The highest BCUT2D eigenvalue weighted by Gasteiger charge is 2.19. The number of hydrogen-bond donors (Lipinski definition) is 1. The third-order valence-corrected chi connectivity index (χ3v) is 7.50. The predicted molar refractivity (Wildman–Crippen MR) is 164 cm³/mol. The van der Waals surface area contributed by atoms with Gasteiger partial charge in [-0.3, -0.25) is 4.99 Å². The first-order chi connectivity index (χ1) is 18.4. The van der Waals surface area contributed by atoms with Crippen molar-refractivity contribution in [1.29, 1.82) is 0 Å². The molecule has 4 rings (SSSR count). The number of benzene rings is 1. The summed E-state index contributed by atoms with van der Waals surface area (Å²) in [5.74, 6) is 1.32. The number of piperazine rings is 1. The molecule has 1 heterocycles. The molecule has 3 aliphatic rings. The van der Waals surface area contributed by atoms with Crippen LogP contribution in [-0.2, 0) is 6.42 Å². The van der Waals surface area contributed by atoms with Gasteiger partial charge in [0.05, 0.1) is 6.04 Å². The van der Waals surface area contributed by atoms with E-state index in [9.17, 15) is 0 Å². The number of likely N-dealkylation sites (N-methyl/N-ethyl adjacent to an activating group) is 1. The van der Waals surface area contributed by atoms with E-state index in [1.54, 1.807) is 5.57 Å². The molecule has 2 N–H and O–H groups in total. The van der Waals surface area contributed by atoms with E-state index < -0.39 is 0 Å². The molecule has 0 bridgehead atoms. The van der Waals surface area contributed by atoms with Crippen LogP contribution in [0.3, 0.4) is 0 Å². The van der Waals surface area contributed by atoms with Gasteiger partial charge in [-0.25, -0.2) is 0 Å². The lowest BCUT2D eigenvalue weighted by Crippen LogP contribution is -2.50. The Hall–Kier alpha value is -3.12. The van der Waals surface area contributed by atoms with Crippen LogP contribution in [0.25, 0.3) is 0 Å². The number of nitrogens with two attached hydrogens (primary N) is 1. The quantitative estimate of drug-likeness (QED) is 0.429. The van der Waals surface area contributed by atoms with Crippen LogP contribution < -0.4 is 5.73 Å². The van der Waals surface area contributed by atoms with Gasteiger partial charge in [0.1, 0.15) is 0 Å². The average molecular weight is 517 g/mol. The number of allylic oxidation sites excluding steroid dienone is 6. The first-order valence-electron chi connectivity index (χ1n) is 14.1. The zero-order chi connectivity index (χ0) is 27.3. The number of aryl methyl sites for hydroxylation is 1. The standard InChI is InChI=1S/C24H38N6.C8H10/c1-19(28(2)3)17-23(27-24(25)30-15-13-29(4)14-16-30)26-22-12-8-11-20-9-6-5-7-10-21(20)18-22;1-2-8-6-4-3-5-7-8/h5-7,10,17,22H,8-9,11-16,18H2,1-4H3,(H2,25,26,27);3-7H,2H2,1H3/b19-17+;. The molecule has 0 amide bonds. The molecule has 0 aromatic heterocycles. The van der Waals surface area contributed by atoms with Crippen molar-refractivity contribution in [2.45, 2.75) is 58.4 Å². The SMILES string of the molecule is C/C(=C\C(=NC1CCCC2=C(C=CC=CC2)C1)N=C(N)N1CCN(C)CC1)N(C)C.CCc1ccccc1. The maximum absolute atomic E-state index is 6.41. The van der Waals surface area contributed by atoms with E-state index in [1.807, 2.05) is 20.2 Å². The van der Waals surface area contributed by atoms with Gasteiger partial charge in [0, 0.05) is 52.0 Å². The summed E-state index contributed by atoms with van der Waals surface area (Å²) >= 11 is 0. The molecule has 2 aliphatic carbocycles. The minimum atomic E-state index is 0.241. The minimum Gasteiger partial charge on any atom is -0.381 e. The summed E-state index contributed by atoms with van der Waals surface area (Å²) in [5.41, 5.74) is 12.0. The van der Waals surface area contributed by atoms with Crippen molar-refractivity contribution < 1.29 is 0 Å². The van der Waals surface area contributed by atoms with Crippen molar-refractivity contribution in [3.63, 3.8) is 0 Å². The van der Waals surface area contributed by atoms with Gasteiger partial charge < -0.3 is 20.4 Å². The highest BCUT2D eigenvalue weighted by atomic mass is 15.3. The summed E-state index contributed by atoms with van der Waals surface area (Å²) in [6.45, 7) is 8.09. The molecule has 0 spiro atoms. The Labute approximate surface area is 231 Å². The molecule has 6 nitrogen and oxygen atoms in total. The van der Waals surface area contributed by atoms with E-state index in [0.29, 0.717) is 5.96 Å². The molecule has 1 atom stereocenters. The zero-order valence-electron chi connectivity index (χ0n) is 24.2. The number of aliphatic imine (C=N–C) groups is 2. The van der Waals surface area contributed by atoms with Crippen molar-refractivity contribution in [1.82, 2.24) is 14.7 Å². The Morgan fingerprint density at radius 2 is 1.84 bits per heavy atom. The molecule has 38 heavy (non-hydrogen) atoms. The van der Waals surface area contributed by atoms with Gasteiger partial charge >= 0.3 is 0 Å². The van der Waals surface area contributed by atoms with E-state index in [0.717, 1.165) is 63.4 Å². The fourth-order valence-electron chi connectivity index (χ4n) is 4.74. The summed E-state index contributed by atoms with van der Waals surface area (Å²) in [4.78, 5) is 16.5. The Kier molecular flexibility index (Phi) is 11.9. The molecular formula is C32H48N6. The Morgan fingerprint density at radius 1 is 1.11 bits per heavy atom. The molecule has 1 aliphatic heterocycles. The largest absolute Gasteiger partial charge is 0.381 e. The molecule has 0 saturated carbocycles. The van der Waals surface area contributed by atoms with Gasteiger partial charge in [0.2, 0.25) is 0 Å². The van der Waals surface area contributed by atoms with Gasteiger partial charge in [0.25, 0.3) is 0 Å². The fraction of sp³-hybridized carbons (Fsp3) is 0.500. The van der Waals surface area contributed by atoms with Gasteiger partial charge in [-0.15, -0.1) is 0 Å². The lowest BCUT2D eigenvalue weighted by Gasteiger charge is -2.33. The normalized spacial score (nSPS) is 21.3. The third kappa shape index (κ3) is 9.64. The second-order valence-corrected chi connectivity index (χ2v) is 10.6. The Balaban J connectivity index is 0.000000427. The van der Waals surface area contributed by atoms with Crippen LogP contribution in [0.1, 0.15) is 51.5 Å². The van der Waals surface area contributed by atoms with Gasteiger partial charge in [-0.05, 0) is 63.6 Å². The van der Waals surface area contributed by atoms with Gasteiger partial charge in [-0.1, -0.05) is 67.1 Å². The topological polar surface area (TPSA) is 60.5 Å². The van der Waals surface area contributed by atoms with Crippen LogP contribution in [0.2, 0.25) is 0 Å². The smallest absolute Gasteiger partial charge is 0.198 e. The molecule has 1 aromatic rings. The Bertz CT molecular complexity index is 1050. The molecule has 6 heteroatoms. The number of amidine groups is 1. The average Bonchev–Trinajstić information content (AvgIpc) is 3.25. The molecular weight excluding hydrogens is 468 g/mol. The molecule has 206 valence electrons. The summed E-state index contributed by atoms with van der Waals surface area (Å²) in [6, 6.07) is 10.7. The summed E-state index contributed by atoms with van der Waals surface area (Å²) in [6.07, 6.45) is 17.5. The fourth-order valence-corrected chi connectivity index (χ4v) is 4.74. The van der Waals surface area contributed by atoms with Crippen LogP contribution in [0.5, 0.6) is 0 Å². The number of rotatable bonds is 4. The van der Waals surface area contributed by atoms with Crippen molar-refractivity contribution in [3.05, 3.63) is 83.1 Å². The summed E-state index contributed by atoms with van der Waals surface area (Å²) < 4.78 is 0. The predicted octanol–water partition coefficient (Wildman–Crippen LogP) is 5.42. The molecule has 1 fully saturated rings. The van der Waals surface area contributed by atoms with Gasteiger partial charge in [-0.2, -0.15) is 4.99 Å². The van der Waals surface area contributed by atoms with Gasteiger partial charge in [0.15, 0.2) is 11.8 Å². The third-order valence-electron chi connectivity index (χ3n) is 7.50. The van der Waals surface area contributed by atoms with Crippen LogP contribution in [0, 0.1) is 0 Å². The zero-order valence-corrected chi connectivity index (χ0v) is 24.2. The number of guanidine groups is 1. The van der Waals surface area contributed by atoms with E-state index in [1.165, 1.54) is 24.0 Å². The number of nitrogens with zero attached hydrogens (tertiary/aromatic N) is 5. The second kappa shape index (κ2) is 15.3. The van der Waals surface area contributed by atoms with E-state index in [2.05, 4.69) is 90.2 Å². The lowest BCUT2D eigenvalue weighted by molar-refractivity contribution is 0.214. The highest BCUT2D eigenvalue weighted by Crippen LogP contribution is 2.30. The molecule has 1 aromatic carbocycles. The summed E-state index contributed by atoms with van der Waals surface area (Å²) in [5, 5.41) is 0. The van der Waals surface area contributed by atoms with Crippen LogP contribution in [-0.4, -0.2) is 79.9 Å². The maximum atomic E-state index is 6.41. The first kappa shape index (κ1) is 29.4.